The van der Waals surface area contributed by atoms with Crippen molar-refractivity contribution in [3.63, 3.8) is 0 Å². The summed E-state index contributed by atoms with van der Waals surface area (Å²) < 4.78 is 28.3. The molecule has 2 fully saturated rings. The predicted molar refractivity (Wildman–Crippen MR) is 115 cm³/mol. The summed E-state index contributed by atoms with van der Waals surface area (Å²) >= 11 is 0. The van der Waals surface area contributed by atoms with Gasteiger partial charge in [0.05, 0.1) is 18.0 Å². The number of anilines is 2. The fraction of sp³-hybridized carbons (Fsp3) is 0.700. The second-order valence-corrected chi connectivity index (χ2v) is 10.1. The van der Waals surface area contributed by atoms with Crippen LogP contribution in [0.15, 0.2) is 18.2 Å². The number of hydrogen-bond donors (Lipinski definition) is 1. The fourth-order valence-electron chi connectivity index (χ4n) is 4.14. The molecule has 3 rings (SSSR count). The van der Waals surface area contributed by atoms with E-state index < -0.39 is 9.84 Å². The van der Waals surface area contributed by atoms with Gasteiger partial charge < -0.3 is 15.4 Å². The van der Waals surface area contributed by atoms with Crippen LogP contribution in [0.3, 0.4) is 0 Å². The van der Waals surface area contributed by atoms with Gasteiger partial charge in [-0.25, -0.2) is 8.42 Å². The maximum Gasteiger partial charge on any atom is 0.148 e. The summed E-state index contributed by atoms with van der Waals surface area (Å²) in [6, 6.07) is 6.69. The maximum absolute atomic E-state index is 11.4. The zero-order valence-electron chi connectivity index (χ0n) is 17.1. The van der Waals surface area contributed by atoms with Crippen molar-refractivity contribution in [2.24, 2.45) is 0 Å². The van der Waals surface area contributed by atoms with Gasteiger partial charge in [0, 0.05) is 69.9 Å². The van der Waals surface area contributed by atoms with E-state index in [4.69, 9.17) is 10.5 Å². The molecule has 2 saturated heterocycles. The van der Waals surface area contributed by atoms with E-state index in [0.29, 0.717) is 24.9 Å². The molecule has 0 aliphatic carbocycles. The van der Waals surface area contributed by atoms with E-state index in [1.165, 1.54) is 11.9 Å². The van der Waals surface area contributed by atoms with Crippen LogP contribution >= 0.6 is 0 Å². The van der Waals surface area contributed by atoms with E-state index in [1.807, 2.05) is 13.0 Å². The number of sulfone groups is 1. The summed E-state index contributed by atoms with van der Waals surface area (Å²) in [4.78, 5) is 7.28. The Hall–Kier alpha value is -1.51. The maximum atomic E-state index is 11.4. The summed E-state index contributed by atoms with van der Waals surface area (Å²) in [7, 11) is -2.88. The van der Waals surface area contributed by atoms with Crippen molar-refractivity contribution in [2.75, 3.05) is 75.1 Å². The lowest BCUT2D eigenvalue weighted by Gasteiger charge is -2.43. The van der Waals surface area contributed by atoms with Crippen molar-refractivity contribution in [2.45, 2.75) is 25.8 Å². The molecule has 0 amide bonds. The summed E-state index contributed by atoms with van der Waals surface area (Å²) in [6.45, 7) is 9.31. The Labute approximate surface area is 169 Å². The number of nitrogens with two attached hydrogens (primary N) is 1. The first kappa shape index (κ1) is 21.2. The molecule has 7 nitrogen and oxygen atoms in total. The summed E-state index contributed by atoms with van der Waals surface area (Å²) in [5.74, 6) is 1.03. The van der Waals surface area contributed by atoms with Crippen LogP contribution < -0.4 is 15.4 Å². The number of hydrogen-bond acceptors (Lipinski definition) is 7. The molecule has 0 radical (unpaired) electrons. The highest BCUT2D eigenvalue weighted by Gasteiger charge is 2.28. The average molecular weight is 411 g/mol. The molecule has 2 aliphatic heterocycles. The van der Waals surface area contributed by atoms with Gasteiger partial charge in [-0.05, 0) is 31.9 Å². The van der Waals surface area contributed by atoms with Gasteiger partial charge in [-0.15, -0.1) is 0 Å². The van der Waals surface area contributed by atoms with E-state index in [9.17, 15) is 8.42 Å². The molecule has 1 aromatic carbocycles. The Morgan fingerprint density at radius 2 is 1.79 bits per heavy atom. The second-order valence-electron chi connectivity index (χ2n) is 7.88. The molecule has 0 atom stereocenters. The highest BCUT2D eigenvalue weighted by Crippen LogP contribution is 2.30. The van der Waals surface area contributed by atoms with Crippen molar-refractivity contribution in [1.29, 1.82) is 0 Å². The van der Waals surface area contributed by atoms with Crippen molar-refractivity contribution >= 4 is 21.2 Å². The number of piperidine rings is 1. The molecule has 0 unspecified atom stereocenters. The van der Waals surface area contributed by atoms with Crippen LogP contribution in [-0.2, 0) is 9.84 Å². The monoisotopic (exact) mass is 410 g/mol. The Morgan fingerprint density at radius 1 is 1.11 bits per heavy atom. The zero-order valence-corrected chi connectivity index (χ0v) is 18.0. The first-order valence-corrected chi connectivity index (χ1v) is 12.3. The molecule has 0 saturated carbocycles. The minimum absolute atomic E-state index is 0.261. The number of ether oxygens (including phenoxy) is 1. The van der Waals surface area contributed by atoms with Crippen LogP contribution in [0.25, 0.3) is 0 Å². The third kappa shape index (κ3) is 5.75. The normalized spacial score (nSPS) is 20.4. The van der Waals surface area contributed by atoms with Crippen LogP contribution in [0.5, 0.6) is 5.75 Å². The number of nitrogens with zero attached hydrogens (tertiary/aromatic N) is 3. The third-order valence-electron chi connectivity index (χ3n) is 5.83. The first-order chi connectivity index (χ1) is 13.4. The van der Waals surface area contributed by atoms with Gasteiger partial charge in [0.15, 0.2) is 0 Å². The molecule has 2 aliphatic rings. The van der Waals surface area contributed by atoms with Crippen molar-refractivity contribution in [3.05, 3.63) is 18.2 Å². The van der Waals surface area contributed by atoms with Crippen LogP contribution in [-0.4, -0.2) is 88.7 Å². The summed E-state index contributed by atoms with van der Waals surface area (Å²) in [5, 5.41) is 0. The third-order valence-corrected chi connectivity index (χ3v) is 6.75. The lowest BCUT2D eigenvalue weighted by atomic mass is 10.0. The largest absolute Gasteiger partial charge is 0.492 e. The van der Waals surface area contributed by atoms with Crippen molar-refractivity contribution in [1.82, 2.24) is 9.80 Å². The van der Waals surface area contributed by atoms with E-state index in [2.05, 4.69) is 26.8 Å². The first-order valence-electron chi connectivity index (χ1n) is 10.3. The lowest BCUT2D eigenvalue weighted by Crippen LogP contribution is -2.53. The average Bonchev–Trinajstić information content (AvgIpc) is 2.68. The highest BCUT2D eigenvalue weighted by atomic mass is 32.2. The minimum Gasteiger partial charge on any atom is -0.492 e. The van der Waals surface area contributed by atoms with Gasteiger partial charge in [0.25, 0.3) is 0 Å². The van der Waals surface area contributed by atoms with Crippen LogP contribution in [0.2, 0.25) is 0 Å². The highest BCUT2D eigenvalue weighted by molar-refractivity contribution is 7.90. The smallest absolute Gasteiger partial charge is 0.148 e. The number of nitrogen functional groups attached to an aromatic ring is 1. The van der Waals surface area contributed by atoms with Crippen molar-refractivity contribution < 1.29 is 13.2 Å². The van der Waals surface area contributed by atoms with Crippen LogP contribution in [0.4, 0.5) is 11.4 Å². The van der Waals surface area contributed by atoms with E-state index in [-0.39, 0.29) is 5.75 Å². The van der Waals surface area contributed by atoms with Gasteiger partial charge in [-0.3, -0.25) is 9.80 Å². The summed E-state index contributed by atoms with van der Waals surface area (Å²) in [6.07, 6.45) is 3.62. The van der Waals surface area contributed by atoms with Crippen molar-refractivity contribution in [3.8, 4) is 5.75 Å². The van der Waals surface area contributed by atoms with Gasteiger partial charge >= 0.3 is 0 Å². The second kappa shape index (κ2) is 9.33. The van der Waals surface area contributed by atoms with Gasteiger partial charge in [-0.2, -0.15) is 0 Å². The van der Waals surface area contributed by atoms with E-state index in [1.54, 1.807) is 0 Å². The predicted octanol–water partition coefficient (Wildman–Crippen LogP) is 1.30. The van der Waals surface area contributed by atoms with Crippen LogP contribution in [0, 0.1) is 0 Å². The molecular weight excluding hydrogens is 376 g/mol. The molecular formula is C20H34N4O3S. The van der Waals surface area contributed by atoms with Gasteiger partial charge in [-0.1, -0.05) is 0 Å². The molecule has 2 heterocycles. The van der Waals surface area contributed by atoms with E-state index in [0.717, 1.165) is 57.9 Å². The fourth-order valence-corrected chi connectivity index (χ4v) is 4.73. The minimum atomic E-state index is -2.88. The number of benzene rings is 1. The van der Waals surface area contributed by atoms with Gasteiger partial charge in [0.1, 0.15) is 15.6 Å². The summed E-state index contributed by atoms with van der Waals surface area (Å²) in [5.41, 5.74) is 7.86. The Balaban J connectivity index is 1.46. The lowest BCUT2D eigenvalue weighted by molar-refractivity contribution is 0.0882. The molecule has 158 valence electrons. The molecule has 2 N–H and O–H groups in total. The molecule has 8 heteroatoms. The zero-order chi connectivity index (χ0) is 20.1. The Bertz CT molecular complexity index is 740. The molecule has 1 aromatic rings. The molecule has 0 spiro atoms. The standard InChI is InChI=1S/C20H34N4O3S/c1-3-27-20-16-18(4-5-19(20)21)23-8-6-17(7-9-23)24-12-10-22(11-13-24)14-15-28(2,25)26/h4-5,16-17H,3,6-15,21H2,1-2H3. The van der Waals surface area contributed by atoms with Crippen LogP contribution in [0.1, 0.15) is 19.8 Å². The van der Waals surface area contributed by atoms with E-state index >= 15 is 0 Å². The Morgan fingerprint density at radius 3 is 2.39 bits per heavy atom. The topological polar surface area (TPSA) is 79.1 Å². The number of rotatable bonds is 7. The SMILES string of the molecule is CCOc1cc(N2CCC(N3CCN(CCS(C)(=O)=O)CC3)CC2)ccc1N. The molecule has 0 bridgehead atoms. The number of piperazine rings is 1. The molecule has 28 heavy (non-hydrogen) atoms. The van der Waals surface area contributed by atoms with Gasteiger partial charge in [0.2, 0.25) is 0 Å². The quantitative estimate of drug-likeness (QED) is 0.679. The Kier molecular flexibility index (Phi) is 7.06. The molecule has 0 aromatic heterocycles.